The van der Waals surface area contributed by atoms with Gasteiger partial charge in [0.2, 0.25) is 11.8 Å². The fraction of sp³-hybridized carbons (Fsp3) is 0.391. The molecule has 2 aliphatic rings. The molecule has 0 radical (unpaired) electrons. The number of aliphatic hydroxyl groups excluding tert-OH is 1. The second kappa shape index (κ2) is 7.95. The van der Waals surface area contributed by atoms with E-state index in [9.17, 15) is 19.1 Å². The summed E-state index contributed by atoms with van der Waals surface area (Å²) in [6.45, 7) is 1.67. The van der Waals surface area contributed by atoms with Gasteiger partial charge in [-0.25, -0.2) is 4.39 Å². The predicted molar refractivity (Wildman–Crippen MR) is 107 cm³/mol. The van der Waals surface area contributed by atoms with Crippen molar-refractivity contribution in [3.63, 3.8) is 0 Å². The molecule has 4 rings (SSSR count). The minimum Gasteiger partial charge on any atom is -0.394 e. The van der Waals surface area contributed by atoms with Crippen molar-refractivity contribution in [1.29, 1.82) is 0 Å². The number of benzene rings is 2. The van der Waals surface area contributed by atoms with Gasteiger partial charge in [0.25, 0.3) is 0 Å². The molecule has 2 aromatic carbocycles. The lowest BCUT2D eigenvalue weighted by molar-refractivity contribution is -0.152. The molecule has 3 atom stereocenters. The highest BCUT2D eigenvalue weighted by molar-refractivity contribution is 5.83. The van der Waals surface area contributed by atoms with Crippen molar-refractivity contribution in [1.82, 2.24) is 10.2 Å². The zero-order valence-corrected chi connectivity index (χ0v) is 16.3. The Morgan fingerprint density at radius 3 is 2.38 bits per heavy atom. The van der Waals surface area contributed by atoms with E-state index in [1.165, 1.54) is 13.0 Å². The Labute approximate surface area is 169 Å². The van der Waals surface area contributed by atoms with Crippen molar-refractivity contribution in [2.45, 2.75) is 37.8 Å². The summed E-state index contributed by atoms with van der Waals surface area (Å²) in [6.07, 6.45) is 1.78. The molecule has 1 saturated carbocycles. The minimum atomic E-state index is -0.304. The highest BCUT2D eigenvalue weighted by Crippen LogP contribution is 2.44. The maximum atomic E-state index is 14.1. The Hall–Kier alpha value is -2.73. The summed E-state index contributed by atoms with van der Waals surface area (Å²) < 4.78 is 14.1. The van der Waals surface area contributed by atoms with Gasteiger partial charge < -0.3 is 15.3 Å². The van der Waals surface area contributed by atoms with Gasteiger partial charge in [0.15, 0.2) is 0 Å². The number of aliphatic hydroxyl groups is 1. The number of nitrogens with zero attached hydrogens (tertiary/aromatic N) is 1. The number of likely N-dealkylation sites (tertiary alicyclic amines) is 1. The van der Waals surface area contributed by atoms with Gasteiger partial charge in [-0.2, -0.15) is 0 Å². The second-order valence-corrected chi connectivity index (χ2v) is 7.90. The topological polar surface area (TPSA) is 69.6 Å². The Bertz CT molecular complexity index is 911. The van der Waals surface area contributed by atoms with E-state index in [2.05, 4.69) is 5.32 Å². The number of hydrogen-bond donors (Lipinski definition) is 2. The SMILES string of the molecule is CC(=O)NC[C@H]1[C@H](c2ccc(-c3ccccc3F)cc2)[C@@H](CO)N1C(=O)C1CC1. The Morgan fingerprint density at radius 1 is 1.10 bits per heavy atom. The van der Waals surface area contributed by atoms with Crippen LogP contribution in [0.5, 0.6) is 0 Å². The van der Waals surface area contributed by atoms with Crippen molar-refractivity contribution < 1.29 is 19.1 Å². The first-order valence-corrected chi connectivity index (χ1v) is 10.0. The van der Waals surface area contributed by atoms with Gasteiger partial charge in [-0.1, -0.05) is 42.5 Å². The summed E-state index contributed by atoms with van der Waals surface area (Å²) in [7, 11) is 0. The maximum Gasteiger partial charge on any atom is 0.226 e. The van der Waals surface area contributed by atoms with E-state index in [0.29, 0.717) is 12.1 Å². The molecule has 1 aliphatic heterocycles. The first-order chi connectivity index (χ1) is 14.0. The highest BCUT2D eigenvalue weighted by atomic mass is 19.1. The normalized spacial score (nSPS) is 23.4. The first-order valence-electron chi connectivity index (χ1n) is 10.0. The van der Waals surface area contributed by atoms with Crippen LogP contribution in [-0.4, -0.2) is 47.1 Å². The fourth-order valence-corrected chi connectivity index (χ4v) is 4.31. The fourth-order valence-electron chi connectivity index (χ4n) is 4.31. The molecular weight excluding hydrogens is 371 g/mol. The molecule has 0 bridgehead atoms. The van der Waals surface area contributed by atoms with E-state index < -0.39 is 0 Å². The molecule has 5 nitrogen and oxygen atoms in total. The lowest BCUT2D eigenvalue weighted by Crippen LogP contribution is -2.68. The molecule has 0 spiro atoms. The molecule has 0 aromatic heterocycles. The van der Waals surface area contributed by atoms with E-state index in [4.69, 9.17) is 0 Å². The Kier molecular flexibility index (Phi) is 5.37. The molecule has 29 heavy (non-hydrogen) atoms. The standard InChI is InChI=1S/C23H25FN2O3/c1-14(28)25-12-20-22(21(13-27)26(20)23(29)17-10-11-17)16-8-6-15(7-9-16)18-4-2-3-5-19(18)24/h2-9,17,20-22,27H,10-13H2,1H3,(H,25,28)/t20-,21+,22-/m0/s1. The largest absolute Gasteiger partial charge is 0.394 e. The number of rotatable bonds is 6. The maximum absolute atomic E-state index is 14.1. The predicted octanol–water partition coefficient (Wildman–Crippen LogP) is 2.69. The number of carbonyl (C=O) groups is 2. The summed E-state index contributed by atoms with van der Waals surface area (Å²) in [6, 6.07) is 13.7. The van der Waals surface area contributed by atoms with Crippen LogP contribution in [-0.2, 0) is 9.59 Å². The smallest absolute Gasteiger partial charge is 0.226 e. The number of carbonyl (C=O) groups excluding carboxylic acids is 2. The molecular formula is C23H25FN2O3. The molecule has 2 fully saturated rings. The van der Waals surface area contributed by atoms with Gasteiger partial charge >= 0.3 is 0 Å². The van der Waals surface area contributed by atoms with E-state index in [1.54, 1.807) is 23.1 Å². The highest BCUT2D eigenvalue weighted by Gasteiger charge is 2.53. The molecule has 6 heteroatoms. The molecule has 0 unspecified atom stereocenters. The second-order valence-electron chi connectivity index (χ2n) is 7.90. The average Bonchev–Trinajstić information content (AvgIpc) is 3.53. The monoisotopic (exact) mass is 396 g/mol. The number of halogens is 1. The zero-order valence-electron chi connectivity index (χ0n) is 16.3. The Balaban J connectivity index is 1.59. The van der Waals surface area contributed by atoms with Crippen molar-refractivity contribution in [2.75, 3.05) is 13.2 Å². The average molecular weight is 396 g/mol. The third-order valence-electron chi connectivity index (χ3n) is 5.95. The number of amides is 2. The van der Waals surface area contributed by atoms with Gasteiger partial charge in [-0.3, -0.25) is 9.59 Å². The van der Waals surface area contributed by atoms with E-state index in [1.807, 2.05) is 24.3 Å². The van der Waals surface area contributed by atoms with Crippen LogP contribution in [0, 0.1) is 11.7 Å². The van der Waals surface area contributed by atoms with Crippen LogP contribution in [0.3, 0.4) is 0 Å². The summed E-state index contributed by atoms with van der Waals surface area (Å²) in [4.78, 5) is 25.9. The van der Waals surface area contributed by atoms with Crippen LogP contribution in [0.2, 0.25) is 0 Å². The molecule has 2 N–H and O–H groups in total. The van der Waals surface area contributed by atoms with Gasteiger partial charge in [-0.15, -0.1) is 0 Å². The summed E-state index contributed by atoms with van der Waals surface area (Å²) in [5.74, 6) is -0.386. The van der Waals surface area contributed by atoms with Crippen molar-refractivity contribution in [3.8, 4) is 11.1 Å². The molecule has 1 heterocycles. The zero-order chi connectivity index (χ0) is 20.5. The molecule has 152 valence electrons. The first kappa shape index (κ1) is 19.6. The van der Waals surface area contributed by atoms with Crippen molar-refractivity contribution in [2.24, 2.45) is 5.92 Å². The van der Waals surface area contributed by atoms with Crippen molar-refractivity contribution >= 4 is 11.8 Å². The summed E-state index contributed by atoms with van der Waals surface area (Å²) >= 11 is 0. The molecule has 1 aliphatic carbocycles. The molecule has 2 aromatic rings. The van der Waals surface area contributed by atoms with Crippen molar-refractivity contribution in [3.05, 3.63) is 59.9 Å². The lowest BCUT2D eigenvalue weighted by atomic mass is 9.74. The van der Waals surface area contributed by atoms with Crippen LogP contribution in [0.15, 0.2) is 48.5 Å². The lowest BCUT2D eigenvalue weighted by Gasteiger charge is -2.55. The summed E-state index contributed by atoms with van der Waals surface area (Å²) in [5.41, 5.74) is 2.28. The van der Waals surface area contributed by atoms with E-state index in [-0.39, 0.29) is 48.2 Å². The van der Waals surface area contributed by atoms with Crippen LogP contribution < -0.4 is 5.32 Å². The van der Waals surface area contributed by atoms with Gasteiger partial charge in [0, 0.05) is 30.9 Å². The number of nitrogens with one attached hydrogen (secondary N) is 1. The van der Waals surface area contributed by atoms with Crippen LogP contribution in [0.1, 0.15) is 31.2 Å². The van der Waals surface area contributed by atoms with E-state index >= 15 is 0 Å². The van der Waals surface area contributed by atoms with Gasteiger partial charge in [0.1, 0.15) is 5.82 Å². The quantitative estimate of drug-likeness (QED) is 0.789. The number of hydrogen-bond acceptors (Lipinski definition) is 3. The molecule has 1 saturated heterocycles. The molecule has 2 amide bonds. The van der Waals surface area contributed by atoms with Gasteiger partial charge in [0.05, 0.1) is 18.7 Å². The van der Waals surface area contributed by atoms with Crippen LogP contribution in [0.25, 0.3) is 11.1 Å². The van der Waals surface area contributed by atoms with E-state index in [0.717, 1.165) is 24.0 Å². The third kappa shape index (κ3) is 3.77. The summed E-state index contributed by atoms with van der Waals surface area (Å²) in [5, 5.41) is 12.8. The van der Waals surface area contributed by atoms with Gasteiger partial charge in [-0.05, 0) is 30.0 Å². The third-order valence-corrected chi connectivity index (χ3v) is 5.95. The minimum absolute atomic E-state index is 0.0493. The Morgan fingerprint density at radius 2 is 1.79 bits per heavy atom. The van der Waals surface area contributed by atoms with Crippen LogP contribution in [0.4, 0.5) is 4.39 Å². The van der Waals surface area contributed by atoms with Crippen LogP contribution >= 0.6 is 0 Å².